The van der Waals surface area contributed by atoms with Crippen LogP contribution in [0.3, 0.4) is 0 Å². The van der Waals surface area contributed by atoms with Crippen molar-refractivity contribution in [2.75, 3.05) is 4.90 Å². The van der Waals surface area contributed by atoms with E-state index in [4.69, 9.17) is 4.42 Å². The summed E-state index contributed by atoms with van der Waals surface area (Å²) in [5.74, 6) is 0. The predicted octanol–water partition coefficient (Wildman–Crippen LogP) is 18.4. The lowest BCUT2D eigenvalue weighted by Crippen LogP contribution is -2.09. The second-order valence-corrected chi connectivity index (χ2v) is 17.9. The van der Waals surface area contributed by atoms with E-state index in [1.165, 1.54) is 64.0 Å². The molecule has 0 aliphatic heterocycles. The van der Waals surface area contributed by atoms with Crippen molar-refractivity contribution in [3.05, 3.63) is 237 Å². The summed E-state index contributed by atoms with van der Waals surface area (Å²) < 4.78 is 9.16. The highest BCUT2D eigenvalue weighted by molar-refractivity contribution is 7.26. The number of hydrogen-bond acceptors (Lipinski definition) is 3. The Morgan fingerprint density at radius 3 is 1.58 bits per heavy atom. The van der Waals surface area contributed by atoms with Gasteiger partial charge in [-0.05, 0) is 121 Å². The number of benzene rings is 11. The minimum Gasteiger partial charge on any atom is -0.455 e. The van der Waals surface area contributed by atoms with Crippen molar-refractivity contribution in [2.45, 2.75) is 0 Å². The first-order chi connectivity index (χ1) is 32.2. The molecule has 0 bridgehead atoms. The molecule has 0 saturated heterocycles. The lowest BCUT2D eigenvalue weighted by molar-refractivity contribution is 0.670. The zero-order valence-electron chi connectivity index (χ0n) is 35.3. The summed E-state index contributed by atoms with van der Waals surface area (Å²) in [6.07, 6.45) is 0. The molecule has 2 heterocycles. The average Bonchev–Trinajstić information content (AvgIpc) is 3.96. The molecule has 0 saturated carbocycles. The molecule has 304 valence electrons. The first-order valence-electron chi connectivity index (χ1n) is 22.1. The molecule has 0 radical (unpaired) electrons. The predicted molar refractivity (Wildman–Crippen MR) is 278 cm³/mol. The van der Waals surface area contributed by atoms with E-state index in [1.54, 1.807) is 0 Å². The van der Waals surface area contributed by atoms with Crippen LogP contribution in [0.1, 0.15) is 0 Å². The number of para-hydroxylation sites is 1. The maximum absolute atomic E-state index is 6.52. The Morgan fingerprint density at radius 1 is 0.308 bits per heavy atom. The highest BCUT2D eigenvalue weighted by Crippen LogP contribution is 2.44. The van der Waals surface area contributed by atoms with Crippen LogP contribution in [0.25, 0.3) is 108 Å². The fraction of sp³-hybridized carbons (Fsp3) is 0. The minimum absolute atomic E-state index is 0.891. The maximum Gasteiger partial charge on any atom is 0.143 e. The van der Waals surface area contributed by atoms with Crippen molar-refractivity contribution in [3.8, 4) is 44.5 Å². The van der Waals surface area contributed by atoms with E-state index < -0.39 is 0 Å². The van der Waals surface area contributed by atoms with Gasteiger partial charge in [0.25, 0.3) is 0 Å². The molecule has 13 rings (SSSR count). The van der Waals surface area contributed by atoms with Gasteiger partial charge in [-0.2, -0.15) is 0 Å². The van der Waals surface area contributed by atoms with E-state index in [0.717, 1.165) is 61.3 Å². The minimum atomic E-state index is 0.891. The van der Waals surface area contributed by atoms with Crippen molar-refractivity contribution in [3.63, 3.8) is 0 Å². The molecule has 3 heteroatoms. The van der Waals surface area contributed by atoms with E-state index in [1.807, 2.05) is 17.4 Å². The Labute approximate surface area is 380 Å². The fourth-order valence-electron chi connectivity index (χ4n) is 9.92. The van der Waals surface area contributed by atoms with Gasteiger partial charge in [0.05, 0.1) is 0 Å². The third kappa shape index (κ3) is 6.31. The van der Waals surface area contributed by atoms with Crippen LogP contribution in [-0.2, 0) is 0 Å². The second kappa shape index (κ2) is 15.2. The van der Waals surface area contributed by atoms with Gasteiger partial charge < -0.3 is 9.32 Å². The lowest BCUT2D eigenvalue weighted by atomic mass is 9.93. The molecular formula is C62H39NOS. The summed E-state index contributed by atoms with van der Waals surface area (Å²) in [5.41, 5.74) is 14.5. The third-order valence-corrected chi connectivity index (χ3v) is 14.3. The number of furan rings is 1. The molecule has 2 aromatic heterocycles. The summed E-state index contributed by atoms with van der Waals surface area (Å²) >= 11 is 1.87. The SMILES string of the molecule is c1ccc(-c2cccc3c2oc2ccc(-c4ccc(N(c5ccc(-c6cc7ccccc7c7ccccc67)cc5)c5ccc(-c6cccc7c6sc6ccccc67)cc5)cc4)cc23)cc1. The largest absolute Gasteiger partial charge is 0.455 e. The second-order valence-electron chi connectivity index (χ2n) is 16.8. The maximum atomic E-state index is 6.52. The van der Waals surface area contributed by atoms with Crippen molar-refractivity contribution < 1.29 is 4.42 Å². The molecule has 0 unspecified atom stereocenters. The summed E-state index contributed by atoms with van der Waals surface area (Å²) in [7, 11) is 0. The number of anilines is 3. The van der Waals surface area contributed by atoms with Gasteiger partial charge in [-0.25, -0.2) is 0 Å². The molecule has 0 aliphatic carbocycles. The standard InChI is InChI=1S/C62H39NOS/c1-2-12-41(13-3-1)50-19-10-21-55-58-38-44(30-37-59(58)64-61(50)55)40-24-31-46(32-25-40)63(47-33-26-42(27-34-47)51-20-11-22-56-54-18-8-9-23-60(54)65-62(51)56)48-35-28-43(29-36-48)57-39-45-14-4-5-15-49(45)52-16-6-7-17-53(52)57/h1-39H. The van der Waals surface area contributed by atoms with Crippen LogP contribution in [0.15, 0.2) is 241 Å². The Balaban J connectivity index is 0.897. The lowest BCUT2D eigenvalue weighted by Gasteiger charge is -2.26. The highest BCUT2D eigenvalue weighted by Gasteiger charge is 2.18. The molecule has 0 fully saturated rings. The van der Waals surface area contributed by atoms with Crippen LogP contribution in [-0.4, -0.2) is 0 Å². The molecular weight excluding hydrogens is 807 g/mol. The Morgan fingerprint density at radius 2 is 0.846 bits per heavy atom. The van der Waals surface area contributed by atoms with Gasteiger partial charge >= 0.3 is 0 Å². The monoisotopic (exact) mass is 845 g/mol. The van der Waals surface area contributed by atoms with Gasteiger partial charge in [-0.3, -0.25) is 0 Å². The molecule has 0 aliphatic rings. The van der Waals surface area contributed by atoms with Crippen molar-refractivity contribution in [2.24, 2.45) is 0 Å². The van der Waals surface area contributed by atoms with Gasteiger partial charge in [0.1, 0.15) is 11.2 Å². The van der Waals surface area contributed by atoms with Gasteiger partial charge in [0.2, 0.25) is 0 Å². The third-order valence-electron chi connectivity index (χ3n) is 13.1. The molecule has 0 amide bonds. The first-order valence-corrected chi connectivity index (χ1v) is 23.0. The van der Waals surface area contributed by atoms with E-state index in [0.29, 0.717) is 0 Å². The number of fused-ring (bicyclic) bond motifs is 9. The molecule has 65 heavy (non-hydrogen) atoms. The van der Waals surface area contributed by atoms with E-state index in [9.17, 15) is 0 Å². The fourth-order valence-corrected chi connectivity index (χ4v) is 11.2. The van der Waals surface area contributed by atoms with Crippen LogP contribution in [0.2, 0.25) is 0 Å². The van der Waals surface area contributed by atoms with Crippen LogP contribution < -0.4 is 4.90 Å². The summed E-state index contributed by atoms with van der Waals surface area (Å²) in [6.45, 7) is 0. The van der Waals surface area contributed by atoms with Crippen molar-refractivity contribution in [1.29, 1.82) is 0 Å². The Hall–Kier alpha value is -8.24. The molecule has 11 aromatic carbocycles. The smallest absolute Gasteiger partial charge is 0.143 e. The Kier molecular flexibility index (Phi) is 8.75. The van der Waals surface area contributed by atoms with Crippen LogP contribution >= 0.6 is 11.3 Å². The summed E-state index contributed by atoms with van der Waals surface area (Å²) in [6, 6.07) is 85.8. The van der Waals surface area contributed by atoms with Crippen LogP contribution in [0, 0.1) is 0 Å². The Bertz CT molecular complexity index is 3920. The van der Waals surface area contributed by atoms with Crippen molar-refractivity contribution >= 4 is 92.1 Å². The number of rotatable bonds is 7. The van der Waals surface area contributed by atoms with Gasteiger partial charge in [0.15, 0.2) is 0 Å². The van der Waals surface area contributed by atoms with Gasteiger partial charge in [0, 0.05) is 53.6 Å². The van der Waals surface area contributed by atoms with E-state index in [2.05, 4.69) is 235 Å². The van der Waals surface area contributed by atoms with Gasteiger partial charge in [-0.1, -0.05) is 176 Å². The van der Waals surface area contributed by atoms with E-state index in [-0.39, 0.29) is 0 Å². The quantitative estimate of drug-likeness (QED) is 0.149. The topological polar surface area (TPSA) is 16.4 Å². The zero-order valence-corrected chi connectivity index (χ0v) is 36.1. The normalized spacial score (nSPS) is 11.7. The average molecular weight is 846 g/mol. The van der Waals surface area contributed by atoms with Crippen molar-refractivity contribution in [1.82, 2.24) is 0 Å². The summed E-state index contributed by atoms with van der Waals surface area (Å²) in [4.78, 5) is 2.37. The number of thiophene rings is 1. The molecule has 2 nitrogen and oxygen atoms in total. The molecule has 13 aromatic rings. The highest BCUT2D eigenvalue weighted by atomic mass is 32.1. The number of hydrogen-bond donors (Lipinski definition) is 0. The first kappa shape index (κ1) is 37.3. The van der Waals surface area contributed by atoms with E-state index >= 15 is 0 Å². The molecule has 0 atom stereocenters. The zero-order chi connectivity index (χ0) is 42.8. The van der Waals surface area contributed by atoms with Crippen LogP contribution in [0.5, 0.6) is 0 Å². The van der Waals surface area contributed by atoms with Crippen LogP contribution in [0.4, 0.5) is 17.1 Å². The summed E-state index contributed by atoms with van der Waals surface area (Å²) in [5, 5.41) is 9.92. The molecule has 0 spiro atoms. The number of nitrogens with zero attached hydrogens (tertiary/aromatic N) is 1. The van der Waals surface area contributed by atoms with Gasteiger partial charge in [-0.15, -0.1) is 11.3 Å². The molecule has 0 N–H and O–H groups in total.